The fourth-order valence-electron chi connectivity index (χ4n) is 1.67. The fraction of sp³-hybridized carbons (Fsp3) is 0. The minimum absolute atomic E-state index is 0.479. The van der Waals surface area contributed by atoms with E-state index in [2.05, 4.69) is 25.9 Å². The highest BCUT2D eigenvalue weighted by atomic mass is 79.9. The molecule has 0 unspecified atom stereocenters. The topological polar surface area (TPSA) is 51.8 Å². The molecule has 3 aromatic rings. The largest absolute Gasteiger partial charge is 0.383 e. The summed E-state index contributed by atoms with van der Waals surface area (Å²) in [6.07, 6.45) is 0. The van der Waals surface area contributed by atoms with Gasteiger partial charge in [-0.2, -0.15) is 0 Å². The van der Waals surface area contributed by atoms with Crippen LogP contribution in [0, 0.1) is 0 Å². The Labute approximate surface area is 121 Å². The Morgan fingerprint density at radius 1 is 1.22 bits per heavy atom. The van der Waals surface area contributed by atoms with E-state index in [1.54, 1.807) is 6.07 Å². The monoisotopic (exact) mass is 339 g/mol. The molecule has 1 aromatic carbocycles. The molecule has 3 nitrogen and oxygen atoms in total. The van der Waals surface area contributed by atoms with Gasteiger partial charge in [0, 0.05) is 10.0 Å². The number of aromatic nitrogens is 2. The second-order valence-corrected chi connectivity index (χ2v) is 5.91. The molecule has 3 rings (SSSR count). The molecule has 0 saturated heterocycles. The van der Waals surface area contributed by atoms with Gasteiger partial charge in [0.25, 0.3) is 0 Å². The predicted octanol–water partition coefficient (Wildman–Crippen LogP) is 4.36. The first-order valence-electron chi connectivity index (χ1n) is 5.11. The number of thiophene rings is 1. The maximum atomic E-state index is 6.17. The van der Waals surface area contributed by atoms with E-state index in [1.165, 1.54) is 11.3 Å². The summed E-state index contributed by atoms with van der Waals surface area (Å²) in [5.74, 6) is 1.03. The van der Waals surface area contributed by atoms with E-state index < -0.39 is 0 Å². The van der Waals surface area contributed by atoms with Crippen molar-refractivity contribution >= 4 is 54.9 Å². The van der Waals surface area contributed by atoms with Crippen molar-refractivity contribution in [1.29, 1.82) is 0 Å². The van der Waals surface area contributed by atoms with Gasteiger partial charge in [-0.05, 0) is 29.6 Å². The van der Waals surface area contributed by atoms with Gasteiger partial charge in [0.1, 0.15) is 10.6 Å². The van der Waals surface area contributed by atoms with Gasteiger partial charge in [-0.1, -0.05) is 27.5 Å². The summed E-state index contributed by atoms with van der Waals surface area (Å²) in [4.78, 5) is 9.67. The van der Waals surface area contributed by atoms with E-state index in [4.69, 9.17) is 17.3 Å². The Hall–Kier alpha value is -1.17. The highest BCUT2D eigenvalue weighted by Crippen LogP contribution is 2.32. The van der Waals surface area contributed by atoms with E-state index in [9.17, 15) is 0 Å². The normalized spacial score (nSPS) is 11.0. The van der Waals surface area contributed by atoms with Gasteiger partial charge in [0.2, 0.25) is 0 Å². The van der Waals surface area contributed by atoms with E-state index in [0.29, 0.717) is 16.7 Å². The molecule has 6 heteroatoms. The van der Waals surface area contributed by atoms with E-state index >= 15 is 0 Å². The average Bonchev–Trinajstić information content (AvgIpc) is 2.81. The van der Waals surface area contributed by atoms with E-state index in [-0.39, 0.29) is 0 Å². The first kappa shape index (κ1) is 11.9. The van der Waals surface area contributed by atoms with Crippen molar-refractivity contribution in [3.05, 3.63) is 39.1 Å². The summed E-state index contributed by atoms with van der Waals surface area (Å²) in [6, 6.07) is 7.48. The van der Waals surface area contributed by atoms with Crippen LogP contribution >= 0.6 is 38.9 Å². The Kier molecular flexibility index (Phi) is 2.97. The van der Waals surface area contributed by atoms with Crippen LogP contribution in [0.25, 0.3) is 21.6 Å². The van der Waals surface area contributed by atoms with Crippen molar-refractivity contribution in [1.82, 2.24) is 9.97 Å². The summed E-state index contributed by atoms with van der Waals surface area (Å²) < 4.78 is 0.926. The minimum Gasteiger partial charge on any atom is -0.383 e. The van der Waals surface area contributed by atoms with Crippen molar-refractivity contribution in [2.75, 3.05) is 5.73 Å². The lowest BCUT2D eigenvalue weighted by molar-refractivity contribution is 1.24. The molecule has 0 amide bonds. The lowest BCUT2D eigenvalue weighted by Gasteiger charge is -2.05. The highest BCUT2D eigenvalue weighted by molar-refractivity contribution is 9.10. The lowest BCUT2D eigenvalue weighted by Crippen LogP contribution is -1.96. The summed E-state index contributed by atoms with van der Waals surface area (Å²) >= 11 is 11.1. The smallest absolute Gasteiger partial charge is 0.164 e. The quantitative estimate of drug-likeness (QED) is 0.716. The number of hydrogen-bond acceptors (Lipinski definition) is 4. The number of nitrogen functional groups attached to an aromatic ring is 1. The average molecular weight is 341 g/mol. The zero-order valence-electron chi connectivity index (χ0n) is 9.02. The Balaban J connectivity index is 2.27. The third-order valence-corrected chi connectivity index (χ3v) is 4.15. The van der Waals surface area contributed by atoms with Gasteiger partial charge in [-0.25, -0.2) is 9.97 Å². The summed E-state index contributed by atoms with van der Waals surface area (Å²) in [5, 5.41) is 3.44. The van der Waals surface area contributed by atoms with Crippen molar-refractivity contribution in [2.24, 2.45) is 0 Å². The number of hydrogen-bond donors (Lipinski definition) is 1. The number of nitrogens with zero attached hydrogens (tertiary/aromatic N) is 2. The van der Waals surface area contributed by atoms with Crippen LogP contribution in [0.1, 0.15) is 0 Å². The Morgan fingerprint density at radius 3 is 2.89 bits per heavy atom. The lowest BCUT2D eigenvalue weighted by atomic mass is 10.2. The number of nitrogens with two attached hydrogens (primary N) is 1. The molecule has 0 saturated carbocycles. The molecule has 0 aliphatic heterocycles. The maximum absolute atomic E-state index is 6.17. The van der Waals surface area contributed by atoms with Gasteiger partial charge in [-0.15, -0.1) is 11.3 Å². The van der Waals surface area contributed by atoms with Crippen molar-refractivity contribution in [3.8, 4) is 11.4 Å². The van der Waals surface area contributed by atoms with Crippen LogP contribution in [-0.4, -0.2) is 9.97 Å². The molecule has 0 aliphatic rings. The van der Waals surface area contributed by atoms with E-state index in [1.807, 2.05) is 23.6 Å². The molecule has 0 atom stereocenters. The third kappa shape index (κ3) is 1.98. The molecule has 0 bridgehead atoms. The molecular weight excluding hydrogens is 334 g/mol. The summed E-state index contributed by atoms with van der Waals surface area (Å²) in [6.45, 7) is 0. The highest BCUT2D eigenvalue weighted by Gasteiger charge is 2.11. The van der Waals surface area contributed by atoms with Gasteiger partial charge < -0.3 is 5.73 Å². The zero-order valence-corrected chi connectivity index (χ0v) is 12.2. The second kappa shape index (κ2) is 4.50. The Morgan fingerprint density at radius 2 is 2.06 bits per heavy atom. The molecule has 2 heterocycles. The number of rotatable bonds is 1. The van der Waals surface area contributed by atoms with Crippen molar-refractivity contribution < 1.29 is 0 Å². The van der Waals surface area contributed by atoms with Crippen LogP contribution < -0.4 is 5.73 Å². The molecule has 2 aromatic heterocycles. The molecule has 90 valence electrons. The molecule has 0 spiro atoms. The number of anilines is 1. The first-order chi connectivity index (χ1) is 8.65. The Bertz CT molecular complexity index is 741. The van der Waals surface area contributed by atoms with Crippen LogP contribution in [0.3, 0.4) is 0 Å². The number of fused-ring (bicyclic) bond motifs is 1. The molecular formula is C12H7BrClN3S. The molecule has 18 heavy (non-hydrogen) atoms. The van der Waals surface area contributed by atoms with E-state index in [0.717, 1.165) is 20.3 Å². The van der Waals surface area contributed by atoms with Crippen LogP contribution in [0.15, 0.2) is 34.1 Å². The van der Waals surface area contributed by atoms with Gasteiger partial charge in [0.15, 0.2) is 5.82 Å². The van der Waals surface area contributed by atoms with Gasteiger partial charge >= 0.3 is 0 Å². The van der Waals surface area contributed by atoms with Crippen LogP contribution in [0.4, 0.5) is 5.82 Å². The van der Waals surface area contributed by atoms with Crippen LogP contribution in [0.5, 0.6) is 0 Å². The molecule has 0 fully saturated rings. The molecule has 0 radical (unpaired) electrons. The zero-order chi connectivity index (χ0) is 12.7. The molecule has 2 N–H and O–H groups in total. The fourth-order valence-corrected chi connectivity index (χ4v) is 3.00. The van der Waals surface area contributed by atoms with Crippen molar-refractivity contribution in [2.45, 2.75) is 0 Å². The van der Waals surface area contributed by atoms with Crippen LogP contribution in [-0.2, 0) is 0 Å². The van der Waals surface area contributed by atoms with Crippen molar-refractivity contribution in [3.63, 3.8) is 0 Å². The first-order valence-corrected chi connectivity index (χ1v) is 7.16. The minimum atomic E-state index is 0.479. The predicted molar refractivity (Wildman–Crippen MR) is 80.0 cm³/mol. The van der Waals surface area contributed by atoms with Gasteiger partial charge in [-0.3, -0.25) is 0 Å². The SMILES string of the molecule is Nc1nc(-c2cc(Br)ccc2Cl)nc2sccc12. The maximum Gasteiger partial charge on any atom is 0.164 e. The summed E-state index contributed by atoms with van der Waals surface area (Å²) in [5.41, 5.74) is 6.70. The number of halogens is 2. The van der Waals surface area contributed by atoms with Crippen LogP contribution in [0.2, 0.25) is 5.02 Å². The summed E-state index contributed by atoms with van der Waals surface area (Å²) in [7, 11) is 0. The standard InChI is InChI=1S/C12H7BrClN3S/c13-6-1-2-9(14)8(5-6)11-16-10(15)7-3-4-18-12(7)17-11/h1-5H,(H2,15,16,17). The third-order valence-electron chi connectivity index (χ3n) is 2.52. The second-order valence-electron chi connectivity index (χ2n) is 3.70. The van der Waals surface area contributed by atoms with Gasteiger partial charge in [0.05, 0.1) is 10.4 Å². The number of benzene rings is 1. The molecule has 0 aliphatic carbocycles.